The molecule has 3 rings (SSSR count). The molecule has 1 saturated heterocycles. The average Bonchev–Trinajstić information content (AvgIpc) is 2.54. The number of nitrogens with one attached hydrogen (secondary N) is 2. The van der Waals surface area contributed by atoms with Crippen LogP contribution in [0.5, 0.6) is 0 Å². The van der Waals surface area contributed by atoms with Gasteiger partial charge in [0.05, 0.1) is 0 Å². The maximum Gasteiger partial charge on any atom is 0.223 e. The van der Waals surface area contributed by atoms with Crippen molar-refractivity contribution in [1.82, 2.24) is 10.6 Å². The molecule has 1 aromatic carbocycles. The van der Waals surface area contributed by atoms with Crippen molar-refractivity contribution in [3.05, 3.63) is 35.4 Å². The smallest absolute Gasteiger partial charge is 0.223 e. The molecule has 4 heteroatoms. The van der Waals surface area contributed by atoms with Gasteiger partial charge in [-0.3, -0.25) is 4.79 Å². The van der Waals surface area contributed by atoms with Crippen LogP contribution in [0.4, 0.5) is 0 Å². The van der Waals surface area contributed by atoms with Gasteiger partial charge in [-0.2, -0.15) is 0 Å². The number of rotatable bonds is 3. The molecule has 3 nitrogen and oxygen atoms in total. The third-order valence-corrected chi connectivity index (χ3v) is 5.20. The summed E-state index contributed by atoms with van der Waals surface area (Å²) in [7, 11) is 0. The van der Waals surface area contributed by atoms with Crippen molar-refractivity contribution in [1.29, 1.82) is 0 Å². The molecule has 1 aliphatic heterocycles. The van der Waals surface area contributed by atoms with Crippen molar-refractivity contribution in [2.24, 2.45) is 5.92 Å². The Hall–Kier alpha value is -1.06. The van der Waals surface area contributed by atoms with Crippen LogP contribution < -0.4 is 10.6 Å². The molecule has 2 N–H and O–H groups in total. The molecule has 122 valence electrons. The molecule has 0 bridgehead atoms. The number of amides is 1. The van der Waals surface area contributed by atoms with E-state index in [9.17, 15) is 4.79 Å². The fourth-order valence-corrected chi connectivity index (χ4v) is 3.83. The Bertz CT molecular complexity index is 514. The van der Waals surface area contributed by atoms with E-state index < -0.39 is 0 Å². The van der Waals surface area contributed by atoms with Gasteiger partial charge in [0.25, 0.3) is 0 Å². The number of aryl methyl sites for hydroxylation is 1. The highest BCUT2D eigenvalue weighted by Crippen LogP contribution is 2.36. The summed E-state index contributed by atoms with van der Waals surface area (Å²) in [5.41, 5.74) is 2.99. The standard InChI is InChI=1S/C18H26N2O.ClH/c1-18(10-4-6-14-5-2-3-7-16(14)18)13-20-17(21)15-8-11-19-12-9-15;/h2-3,5,7,15,19H,4,6,8-13H2,1H3,(H,20,21);1H. The predicted octanol–water partition coefficient (Wildman–Crippen LogP) is 2.82. The minimum atomic E-state index is 0. The number of halogens is 1. The van der Waals surface area contributed by atoms with Crippen molar-refractivity contribution in [2.75, 3.05) is 19.6 Å². The van der Waals surface area contributed by atoms with E-state index >= 15 is 0 Å². The van der Waals surface area contributed by atoms with Gasteiger partial charge in [-0.05, 0) is 56.3 Å². The van der Waals surface area contributed by atoms with Gasteiger partial charge in [0.15, 0.2) is 0 Å². The summed E-state index contributed by atoms with van der Waals surface area (Å²) < 4.78 is 0. The van der Waals surface area contributed by atoms with E-state index in [2.05, 4.69) is 41.8 Å². The Balaban J connectivity index is 0.00000176. The van der Waals surface area contributed by atoms with Crippen LogP contribution in [0.2, 0.25) is 0 Å². The monoisotopic (exact) mass is 322 g/mol. The largest absolute Gasteiger partial charge is 0.355 e. The van der Waals surface area contributed by atoms with E-state index in [0.717, 1.165) is 38.9 Å². The van der Waals surface area contributed by atoms with Crippen molar-refractivity contribution < 1.29 is 4.79 Å². The van der Waals surface area contributed by atoms with Crippen molar-refractivity contribution in [2.45, 2.75) is 44.4 Å². The first-order valence-corrected chi connectivity index (χ1v) is 8.26. The molecule has 1 aromatic rings. The summed E-state index contributed by atoms with van der Waals surface area (Å²) in [4.78, 5) is 12.4. The van der Waals surface area contributed by atoms with Gasteiger partial charge in [0.2, 0.25) is 5.91 Å². The molecule has 0 saturated carbocycles. The summed E-state index contributed by atoms with van der Waals surface area (Å²) in [6.07, 6.45) is 5.50. The molecule has 0 aromatic heterocycles. The lowest BCUT2D eigenvalue weighted by Gasteiger charge is -2.36. The molecule has 1 fully saturated rings. The van der Waals surface area contributed by atoms with E-state index in [4.69, 9.17) is 0 Å². The van der Waals surface area contributed by atoms with E-state index in [1.165, 1.54) is 24.0 Å². The summed E-state index contributed by atoms with van der Waals surface area (Å²) in [5.74, 6) is 0.453. The van der Waals surface area contributed by atoms with Crippen LogP contribution in [0, 0.1) is 5.92 Å². The van der Waals surface area contributed by atoms with Gasteiger partial charge in [0, 0.05) is 17.9 Å². The zero-order chi connectivity index (χ0) is 14.7. The van der Waals surface area contributed by atoms with E-state index in [1.807, 2.05) is 0 Å². The Kier molecular flexibility index (Phi) is 5.87. The summed E-state index contributed by atoms with van der Waals surface area (Å²) in [6.45, 7) is 5.01. The average molecular weight is 323 g/mol. The molecule has 1 unspecified atom stereocenters. The molecule has 0 radical (unpaired) electrons. The summed E-state index contributed by atoms with van der Waals surface area (Å²) in [6, 6.07) is 8.72. The van der Waals surface area contributed by atoms with Gasteiger partial charge in [-0.1, -0.05) is 31.2 Å². The van der Waals surface area contributed by atoms with E-state index in [0.29, 0.717) is 0 Å². The predicted molar refractivity (Wildman–Crippen MR) is 92.6 cm³/mol. The SMILES string of the molecule is CC1(CNC(=O)C2CCNCC2)CCCc2ccccc21.Cl. The first-order chi connectivity index (χ1) is 10.2. The molecule has 0 spiro atoms. The number of fused-ring (bicyclic) bond motifs is 1. The number of carbonyl (C=O) groups is 1. The number of hydrogen-bond donors (Lipinski definition) is 2. The van der Waals surface area contributed by atoms with Gasteiger partial charge in [0.1, 0.15) is 0 Å². The third-order valence-electron chi connectivity index (χ3n) is 5.20. The second kappa shape index (κ2) is 7.47. The zero-order valence-corrected chi connectivity index (χ0v) is 14.2. The molecular formula is C18H27ClN2O. The highest BCUT2D eigenvalue weighted by atomic mass is 35.5. The van der Waals surface area contributed by atoms with Crippen LogP contribution in [0.1, 0.15) is 43.7 Å². The van der Waals surface area contributed by atoms with Crippen LogP contribution >= 0.6 is 12.4 Å². The lowest BCUT2D eigenvalue weighted by atomic mass is 9.71. The number of piperidine rings is 1. The van der Waals surface area contributed by atoms with Crippen molar-refractivity contribution in [3.63, 3.8) is 0 Å². The maximum atomic E-state index is 12.4. The van der Waals surface area contributed by atoms with E-state index in [1.54, 1.807) is 0 Å². The van der Waals surface area contributed by atoms with Gasteiger partial charge in [-0.25, -0.2) is 0 Å². The Morgan fingerprint density at radius 3 is 2.82 bits per heavy atom. The fraction of sp³-hybridized carbons (Fsp3) is 0.611. The quantitative estimate of drug-likeness (QED) is 0.898. The van der Waals surface area contributed by atoms with Gasteiger partial charge in [-0.15, -0.1) is 12.4 Å². The molecule has 1 amide bonds. The molecule has 1 atom stereocenters. The Labute approximate surface area is 139 Å². The summed E-state index contributed by atoms with van der Waals surface area (Å²) >= 11 is 0. The van der Waals surface area contributed by atoms with Crippen LogP contribution in [-0.2, 0) is 16.6 Å². The lowest BCUT2D eigenvalue weighted by molar-refractivity contribution is -0.126. The Morgan fingerprint density at radius 2 is 2.05 bits per heavy atom. The second-order valence-electron chi connectivity index (χ2n) is 6.81. The van der Waals surface area contributed by atoms with Gasteiger partial charge < -0.3 is 10.6 Å². The highest BCUT2D eigenvalue weighted by Gasteiger charge is 2.32. The molecule has 1 aliphatic carbocycles. The highest BCUT2D eigenvalue weighted by molar-refractivity contribution is 5.85. The minimum absolute atomic E-state index is 0. The lowest BCUT2D eigenvalue weighted by Crippen LogP contribution is -2.44. The first kappa shape index (κ1) is 17.3. The maximum absolute atomic E-state index is 12.4. The molecule has 1 heterocycles. The zero-order valence-electron chi connectivity index (χ0n) is 13.4. The fourth-order valence-electron chi connectivity index (χ4n) is 3.83. The van der Waals surface area contributed by atoms with Crippen molar-refractivity contribution >= 4 is 18.3 Å². The van der Waals surface area contributed by atoms with Crippen LogP contribution in [-0.4, -0.2) is 25.5 Å². The van der Waals surface area contributed by atoms with Crippen LogP contribution in [0.25, 0.3) is 0 Å². The summed E-state index contributed by atoms with van der Waals surface area (Å²) in [5, 5.41) is 6.55. The van der Waals surface area contributed by atoms with Gasteiger partial charge >= 0.3 is 0 Å². The van der Waals surface area contributed by atoms with E-state index in [-0.39, 0.29) is 29.6 Å². The number of benzene rings is 1. The minimum Gasteiger partial charge on any atom is -0.355 e. The second-order valence-corrected chi connectivity index (χ2v) is 6.81. The number of hydrogen-bond acceptors (Lipinski definition) is 2. The van der Waals surface area contributed by atoms with Crippen molar-refractivity contribution in [3.8, 4) is 0 Å². The topological polar surface area (TPSA) is 41.1 Å². The number of carbonyl (C=O) groups excluding carboxylic acids is 1. The first-order valence-electron chi connectivity index (χ1n) is 8.26. The Morgan fingerprint density at radius 1 is 1.32 bits per heavy atom. The normalized spacial score (nSPS) is 25.0. The molecular weight excluding hydrogens is 296 g/mol. The third kappa shape index (κ3) is 3.64. The molecule has 2 aliphatic rings. The molecule has 22 heavy (non-hydrogen) atoms. The van der Waals surface area contributed by atoms with Crippen LogP contribution in [0.3, 0.4) is 0 Å². The van der Waals surface area contributed by atoms with Crippen LogP contribution in [0.15, 0.2) is 24.3 Å².